The molecule has 1 unspecified atom stereocenters. The Balaban J connectivity index is 1.47. The fraction of sp³-hybridized carbons (Fsp3) is 0.458. The highest BCUT2D eigenvalue weighted by molar-refractivity contribution is 6.40. The summed E-state index contributed by atoms with van der Waals surface area (Å²) in [6.07, 6.45) is -1.56. The van der Waals surface area contributed by atoms with E-state index in [1.807, 2.05) is 24.3 Å². The van der Waals surface area contributed by atoms with E-state index in [4.69, 9.17) is 15.8 Å². The van der Waals surface area contributed by atoms with E-state index in [1.54, 1.807) is 0 Å². The van der Waals surface area contributed by atoms with E-state index < -0.39 is 30.4 Å². The molecule has 34 heavy (non-hydrogen) atoms. The Morgan fingerprint density at radius 2 is 1.56 bits per heavy atom. The summed E-state index contributed by atoms with van der Waals surface area (Å²) < 4.78 is 38.2. The van der Waals surface area contributed by atoms with Crippen molar-refractivity contribution in [1.82, 2.24) is 5.32 Å². The van der Waals surface area contributed by atoms with E-state index in [9.17, 15) is 23.1 Å². The third-order valence-corrected chi connectivity index (χ3v) is 6.66. The van der Waals surface area contributed by atoms with Crippen molar-refractivity contribution >= 4 is 13.1 Å². The molecule has 3 rings (SSSR count). The van der Waals surface area contributed by atoms with Gasteiger partial charge in [0, 0.05) is 12.6 Å². The predicted molar refractivity (Wildman–Crippen MR) is 124 cm³/mol. The maximum Gasteiger partial charge on any atom is 0.451 e. The van der Waals surface area contributed by atoms with E-state index in [1.165, 1.54) is 12.1 Å². The molecule has 1 aliphatic rings. The number of carbonyl (C=O) groups is 1. The first-order valence-corrected chi connectivity index (χ1v) is 11.4. The van der Waals surface area contributed by atoms with Crippen molar-refractivity contribution in [1.29, 1.82) is 0 Å². The molecule has 6 N–H and O–H groups in total. The van der Waals surface area contributed by atoms with Gasteiger partial charge >= 0.3 is 19.3 Å². The lowest BCUT2D eigenvalue weighted by Gasteiger charge is -2.45. The van der Waals surface area contributed by atoms with Crippen LogP contribution in [0, 0.1) is 5.92 Å². The van der Waals surface area contributed by atoms with Gasteiger partial charge in [0.15, 0.2) is 0 Å². The van der Waals surface area contributed by atoms with Crippen LogP contribution in [-0.2, 0) is 17.5 Å². The average molecular weight is 478 g/mol. The number of hydrogen-bond donors (Lipinski definition) is 5. The SMILES string of the molecule is NC(CCCCB(O)O)(C(=O)O)[C@H]1C[C@@H](NCc2ccc(-c3ccc(C(F)(F)F)cc3)cc2)C1. The van der Waals surface area contributed by atoms with Crippen LogP contribution in [0.1, 0.15) is 43.2 Å². The van der Waals surface area contributed by atoms with Gasteiger partial charge in [0.1, 0.15) is 5.54 Å². The van der Waals surface area contributed by atoms with E-state index in [0.717, 1.165) is 23.3 Å². The minimum absolute atomic E-state index is 0.149. The highest BCUT2D eigenvalue weighted by Crippen LogP contribution is 2.38. The van der Waals surface area contributed by atoms with Gasteiger partial charge in [-0.3, -0.25) is 4.79 Å². The van der Waals surface area contributed by atoms with Crippen LogP contribution in [0.4, 0.5) is 13.2 Å². The number of unbranched alkanes of at least 4 members (excludes halogenated alkanes) is 1. The molecule has 0 spiro atoms. The van der Waals surface area contributed by atoms with Crippen LogP contribution in [0.25, 0.3) is 11.1 Å². The van der Waals surface area contributed by atoms with Gasteiger partial charge < -0.3 is 26.2 Å². The highest BCUT2D eigenvalue weighted by atomic mass is 19.4. The number of aliphatic carboxylic acids is 1. The molecule has 0 aromatic heterocycles. The van der Waals surface area contributed by atoms with Gasteiger partial charge in [-0.15, -0.1) is 0 Å². The summed E-state index contributed by atoms with van der Waals surface area (Å²) >= 11 is 0. The number of nitrogens with one attached hydrogen (secondary N) is 1. The number of rotatable bonds is 11. The van der Waals surface area contributed by atoms with Crippen LogP contribution in [0.3, 0.4) is 0 Å². The van der Waals surface area contributed by atoms with Gasteiger partial charge in [-0.25, -0.2) is 0 Å². The first-order valence-electron chi connectivity index (χ1n) is 11.4. The first kappa shape index (κ1) is 26.2. The Morgan fingerprint density at radius 1 is 1.00 bits per heavy atom. The molecule has 2 aromatic carbocycles. The molecule has 184 valence electrons. The van der Waals surface area contributed by atoms with E-state index >= 15 is 0 Å². The molecule has 6 nitrogen and oxygen atoms in total. The van der Waals surface area contributed by atoms with Gasteiger partial charge in [-0.1, -0.05) is 49.2 Å². The predicted octanol–water partition coefficient (Wildman–Crippen LogP) is 3.67. The third-order valence-electron chi connectivity index (χ3n) is 6.66. The lowest BCUT2D eigenvalue weighted by molar-refractivity contribution is -0.148. The third kappa shape index (κ3) is 6.60. The van der Waals surface area contributed by atoms with Crippen molar-refractivity contribution in [3.05, 3.63) is 59.7 Å². The van der Waals surface area contributed by atoms with Gasteiger partial charge in [-0.2, -0.15) is 13.2 Å². The summed E-state index contributed by atoms with van der Waals surface area (Å²) in [6, 6.07) is 12.8. The largest absolute Gasteiger partial charge is 0.480 e. The number of hydrogen-bond acceptors (Lipinski definition) is 5. The van der Waals surface area contributed by atoms with E-state index in [2.05, 4.69) is 5.32 Å². The summed E-state index contributed by atoms with van der Waals surface area (Å²) in [5.41, 5.74) is 6.77. The molecule has 0 bridgehead atoms. The Labute approximate surface area is 197 Å². The van der Waals surface area contributed by atoms with Crippen LogP contribution in [-0.4, -0.2) is 39.8 Å². The number of carboxylic acids is 1. The molecule has 10 heteroatoms. The monoisotopic (exact) mass is 478 g/mol. The number of alkyl halides is 3. The molecule has 1 atom stereocenters. The van der Waals surface area contributed by atoms with Crippen molar-refractivity contribution in [2.75, 3.05) is 0 Å². The zero-order chi connectivity index (χ0) is 24.9. The highest BCUT2D eigenvalue weighted by Gasteiger charge is 2.48. The molecule has 0 heterocycles. The summed E-state index contributed by atoms with van der Waals surface area (Å²) in [4.78, 5) is 11.8. The Morgan fingerprint density at radius 3 is 2.06 bits per heavy atom. The smallest absolute Gasteiger partial charge is 0.451 e. The average Bonchev–Trinajstić information content (AvgIpc) is 2.75. The van der Waals surface area contributed by atoms with Crippen molar-refractivity contribution in [2.24, 2.45) is 11.7 Å². The Bertz CT molecular complexity index is 948. The molecule has 0 amide bonds. The second-order valence-electron chi connectivity index (χ2n) is 9.09. The zero-order valence-electron chi connectivity index (χ0n) is 18.8. The molecule has 0 radical (unpaired) electrons. The van der Waals surface area contributed by atoms with Gasteiger partial charge in [0.25, 0.3) is 0 Å². The van der Waals surface area contributed by atoms with Crippen molar-refractivity contribution in [2.45, 2.75) is 62.7 Å². The summed E-state index contributed by atoms with van der Waals surface area (Å²) in [5.74, 6) is -1.18. The van der Waals surface area contributed by atoms with Gasteiger partial charge in [0.05, 0.1) is 5.56 Å². The van der Waals surface area contributed by atoms with Gasteiger partial charge in [0.2, 0.25) is 0 Å². The quantitative estimate of drug-likeness (QED) is 0.249. The van der Waals surface area contributed by atoms with Crippen LogP contribution in [0.2, 0.25) is 6.32 Å². The molecule has 0 saturated heterocycles. The number of carboxylic acid groups (broad SMARTS) is 1. The first-order chi connectivity index (χ1) is 16.0. The normalized spacial score (nSPS) is 19.8. The summed E-state index contributed by atoms with van der Waals surface area (Å²) in [6.45, 7) is 0.587. The number of benzene rings is 2. The Hall–Kier alpha value is -2.40. The standard InChI is InChI=1S/C24H30BF3N2O4/c26-24(27,28)19-9-7-18(8-10-19)17-5-3-16(4-6-17)15-30-21-13-20(14-21)23(29,22(31)32)11-1-2-12-25(33)34/h3-10,20-21,30,33-34H,1-2,11-15,29H2,(H,31,32)/t20-,21+,23?. The minimum Gasteiger partial charge on any atom is -0.480 e. The second-order valence-corrected chi connectivity index (χ2v) is 9.09. The summed E-state index contributed by atoms with van der Waals surface area (Å²) in [5, 5.41) is 30.9. The van der Waals surface area contributed by atoms with Crippen LogP contribution in [0.5, 0.6) is 0 Å². The van der Waals surface area contributed by atoms with Crippen LogP contribution >= 0.6 is 0 Å². The van der Waals surface area contributed by atoms with Crippen LogP contribution < -0.4 is 11.1 Å². The lowest BCUT2D eigenvalue weighted by Crippen LogP contribution is -2.61. The molecular weight excluding hydrogens is 448 g/mol. The van der Waals surface area contributed by atoms with Gasteiger partial charge in [-0.05, 0) is 60.3 Å². The number of nitrogens with two attached hydrogens (primary N) is 1. The molecular formula is C24H30BF3N2O4. The maximum atomic E-state index is 12.7. The molecule has 1 aliphatic carbocycles. The zero-order valence-corrected chi connectivity index (χ0v) is 18.8. The Kier molecular flexibility index (Phi) is 8.40. The molecule has 1 fully saturated rings. The second kappa shape index (κ2) is 10.9. The minimum atomic E-state index is -4.36. The van der Waals surface area contributed by atoms with Crippen LogP contribution in [0.15, 0.2) is 48.5 Å². The maximum absolute atomic E-state index is 12.7. The number of halogens is 3. The fourth-order valence-electron chi connectivity index (χ4n) is 4.36. The van der Waals surface area contributed by atoms with Crippen molar-refractivity contribution < 1.29 is 33.1 Å². The topological polar surface area (TPSA) is 116 Å². The molecule has 2 aromatic rings. The van der Waals surface area contributed by atoms with E-state index in [-0.39, 0.29) is 24.7 Å². The fourth-order valence-corrected chi connectivity index (χ4v) is 4.36. The lowest BCUT2D eigenvalue weighted by atomic mass is 9.66. The summed E-state index contributed by atoms with van der Waals surface area (Å²) in [7, 11) is -1.39. The van der Waals surface area contributed by atoms with E-state index in [0.29, 0.717) is 37.8 Å². The van der Waals surface area contributed by atoms with Crippen molar-refractivity contribution in [3.8, 4) is 11.1 Å². The van der Waals surface area contributed by atoms with Crippen molar-refractivity contribution in [3.63, 3.8) is 0 Å². The molecule has 1 saturated carbocycles. The molecule has 0 aliphatic heterocycles.